The van der Waals surface area contributed by atoms with Crippen LogP contribution in [-0.2, 0) is 6.42 Å². The molecule has 0 aliphatic heterocycles. The van der Waals surface area contributed by atoms with Crippen LogP contribution < -0.4 is 5.32 Å². The molecule has 1 atom stereocenters. The molecule has 1 nitrogen and oxygen atoms in total. The normalized spacial score (nSPS) is 12.4. The molecular formula is C18H21F2N. The Hall–Kier alpha value is -1.74. The van der Waals surface area contributed by atoms with Crippen LogP contribution in [0.1, 0.15) is 35.2 Å². The number of hydrogen-bond donors (Lipinski definition) is 1. The van der Waals surface area contributed by atoms with Gasteiger partial charge < -0.3 is 5.32 Å². The summed E-state index contributed by atoms with van der Waals surface area (Å²) >= 11 is 0. The van der Waals surface area contributed by atoms with Crippen molar-refractivity contribution in [2.75, 3.05) is 6.54 Å². The lowest BCUT2D eigenvalue weighted by atomic mass is 10.00. The molecule has 2 aromatic rings. The monoisotopic (exact) mass is 289 g/mol. The third kappa shape index (κ3) is 4.36. The van der Waals surface area contributed by atoms with E-state index in [9.17, 15) is 8.78 Å². The fraction of sp³-hybridized carbons (Fsp3) is 0.333. The molecule has 1 unspecified atom stereocenters. The molecule has 0 amide bonds. The van der Waals surface area contributed by atoms with Crippen molar-refractivity contribution in [1.82, 2.24) is 5.32 Å². The molecule has 0 heterocycles. The Kier molecular flexibility index (Phi) is 5.07. The molecule has 0 bridgehead atoms. The van der Waals surface area contributed by atoms with Crippen LogP contribution in [0.5, 0.6) is 0 Å². The van der Waals surface area contributed by atoms with E-state index in [1.165, 1.54) is 28.8 Å². The Morgan fingerprint density at radius 1 is 1.00 bits per heavy atom. The van der Waals surface area contributed by atoms with Gasteiger partial charge in [0.25, 0.3) is 0 Å². The van der Waals surface area contributed by atoms with Crippen LogP contribution >= 0.6 is 0 Å². The van der Waals surface area contributed by atoms with Gasteiger partial charge in [-0.1, -0.05) is 23.8 Å². The minimum absolute atomic E-state index is 0.212. The first-order chi connectivity index (χ1) is 9.95. The summed E-state index contributed by atoms with van der Waals surface area (Å²) in [5.41, 5.74) is 4.43. The van der Waals surface area contributed by atoms with E-state index in [1.807, 2.05) is 0 Å². The maximum Gasteiger partial charge on any atom is 0.126 e. The van der Waals surface area contributed by atoms with Crippen molar-refractivity contribution in [3.63, 3.8) is 0 Å². The highest BCUT2D eigenvalue weighted by molar-refractivity contribution is 5.32. The summed E-state index contributed by atoms with van der Waals surface area (Å²) in [7, 11) is 0. The predicted molar refractivity (Wildman–Crippen MR) is 82.4 cm³/mol. The van der Waals surface area contributed by atoms with Gasteiger partial charge >= 0.3 is 0 Å². The SMILES string of the molecule is Cc1ccc(C(C)NCCc2cc(F)cc(F)c2)c(C)c1. The van der Waals surface area contributed by atoms with Crippen LogP contribution in [0.3, 0.4) is 0 Å². The molecule has 0 saturated heterocycles. The molecule has 0 saturated carbocycles. The molecule has 0 radical (unpaired) electrons. The maximum atomic E-state index is 13.1. The van der Waals surface area contributed by atoms with Crippen molar-refractivity contribution >= 4 is 0 Å². The van der Waals surface area contributed by atoms with Gasteiger partial charge in [-0.2, -0.15) is 0 Å². The van der Waals surface area contributed by atoms with Crippen molar-refractivity contribution in [3.05, 3.63) is 70.3 Å². The van der Waals surface area contributed by atoms with Gasteiger partial charge in [0.05, 0.1) is 0 Å². The van der Waals surface area contributed by atoms with Gasteiger partial charge in [0.1, 0.15) is 11.6 Å². The van der Waals surface area contributed by atoms with E-state index in [0.29, 0.717) is 18.5 Å². The Morgan fingerprint density at radius 3 is 2.29 bits per heavy atom. The molecule has 1 N–H and O–H groups in total. The number of halogens is 2. The summed E-state index contributed by atoms with van der Waals surface area (Å²) in [6.07, 6.45) is 0.601. The third-order valence-corrected chi connectivity index (χ3v) is 3.68. The lowest BCUT2D eigenvalue weighted by molar-refractivity contribution is 0.562. The molecule has 2 rings (SSSR count). The first kappa shape index (κ1) is 15.6. The number of benzene rings is 2. The molecule has 3 heteroatoms. The minimum Gasteiger partial charge on any atom is -0.310 e. The molecule has 0 aliphatic carbocycles. The van der Waals surface area contributed by atoms with Gasteiger partial charge in [0.15, 0.2) is 0 Å². The molecule has 0 spiro atoms. The van der Waals surface area contributed by atoms with Crippen LogP contribution in [0.25, 0.3) is 0 Å². The average molecular weight is 289 g/mol. The number of hydrogen-bond acceptors (Lipinski definition) is 1. The van der Waals surface area contributed by atoms with E-state index in [-0.39, 0.29) is 6.04 Å². The zero-order chi connectivity index (χ0) is 15.4. The van der Waals surface area contributed by atoms with Crippen LogP contribution in [0, 0.1) is 25.5 Å². The molecule has 0 fully saturated rings. The summed E-state index contributed by atoms with van der Waals surface area (Å²) in [6, 6.07) is 10.3. The van der Waals surface area contributed by atoms with Gasteiger partial charge in [-0.25, -0.2) is 8.78 Å². The fourth-order valence-electron chi connectivity index (χ4n) is 2.61. The molecule has 0 aliphatic rings. The van der Waals surface area contributed by atoms with Crippen molar-refractivity contribution in [2.45, 2.75) is 33.2 Å². The fourth-order valence-corrected chi connectivity index (χ4v) is 2.61. The maximum absolute atomic E-state index is 13.1. The van der Waals surface area contributed by atoms with Crippen molar-refractivity contribution < 1.29 is 8.78 Å². The van der Waals surface area contributed by atoms with Crippen LogP contribution in [0.4, 0.5) is 8.78 Å². The first-order valence-electron chi connectivity index (χ1n) is 7.21. The Labute approximate surface area is 125 Å². The lowest BCUT2D eigenvalue weighted by Crippen LogP contribution is -2.22. The minimum atomic E-state index is -0.521. The summed E-state index contributed by atoms with van der Waals surface area (Å²) in [4.78, 5) is 0. The Balaban J connectivity index is 1.93. The van der Waals surface area contributed by atoms with E-state index in [0.717, 1.165) is 6.07 Å². The summed E-state index contributed by atoms with van der Waals surface area (Å²) < 4.78 is 26.2. The van der Waals surface area contributed by atoms with Gasteiger partial charge in [-0.05, 0) is 62.6 Å². The van der Waals surface area contributed by atoms with Gasteiger partial charge in [-0.3, -0.25) is 0 Å². The number of nitrogens with one attached hydrogen (secondary N) is 1. The van der Waals surface area contributed by atoms with E-state index in [2.05, 4.69) is 44.3 Å². The van der Waals surface area contributed by atoms with Crippen molar-refractivity contribution in [1.29, 1.82) is 0 Å². The third-order valence-electron chi connectivity index (χ3n) is 3.68. The topological polar surface area (TPSA) is 12.0 Å². The predicted octanol–water partition coefficient (Wildman–Crippen LogP) is 4.47. The molecule has 21 heavy (non-hydrogen) atoms. The number of aryl methyl sites for hydroxylation is 2. The summed E-state index contributed by atoms with van der Waals surface area (Å²) in [6.45, 7) is 6.96. The van der Waals surface area contributed by atoms with Crippen molar-refractivity contribution in [3.8, 4) is 0 Å². The molecular weight excluding hydrogens is 268 g/mol. The highest BCUT2D eigenvalue weighted by atomic mass is 19.1. The van der Waals surface area contributed by atoms with Crippen LogP contribution in [0.2, 0.25) is 0 Å². The van der Waals surface area contributed by atoms with Crippen LogP contribution in [-0.4, -0.2) is 6.54 Å². The highest BCUT2D eigenvalue weighted by Crippen LogP contribution is 2.18. The van der Waals surface area contributed by atoms with Gasteiger partial charge in [0, 0.05) is 12.1 Å². The zero-order valence-corrected chi connectivity index (χ0v) is 12.7. The Morgan fingerprint density at radius 2 is 1.67 bits per heavy atom. The summed E-state index contributed by atoms with van der Waals surface area (Å²) in [5, 5.41) is 3.40. The number of rotatable bonds is 5. The molecule has 2 aromatic carbocycles. The first-order valence-corrected chi connectivity index (χ1v) is 7.21. The largest absolute Gasteiger partial charge is 0.310 e. The summed E-state index contributed by atoms with van der Waals surface area (Å²) in [5.74, 6) is -1.04. The van der Waals surface area contributed by atoms with E-state index in [1.54, 1.807) is 0 Å². The van der Waals surface area contributed by atoms with E-state index >= 15 is 0 Å². The standard InChI is InChI=1S/C18H21F2N/c1-12-4-5-18(13(2)8-12)14(3)21-7-6-15-9-16(19)11-17(20)10-15/h4-5,8-11,14,21H,6-7H2,1-3H3. The second-order valence-electron chi connectivity index (χ2n) is 5.56. The smallest absolute Gasteiger partial charge is 0.126 e. The Bertz CT molecular complexity index is 602. The van der Waals surface area contributed by atoms with Crippen LogP contribution in [0.15, 0.2) is 36.4 Å². The van der Waals surface area contributed by atoms with E-state index < -0.39 is 11.6 Å². The molecule has 0 aromatic heterocycles. The van der Waals surface area contributed by atoms with E-state index in [4.69, 9.17) is 0 Å². The average Bonchev–Trinajstić information content (AvgIpc) is 2.37. The molecule has 112 valence electrons. The lowest BCUT2D eigenvalue weighted by Gasteiger charge is -2.17. The second-order valence-corrected chi connectivity index (χ2v) is 5.56. The van der Waals surface area contributed by atoms with Crippen molar-refractivity contribution in [2.24, 2.45) is 0 Å². The quantitative estimate of drug-likeness (QED) is 0.856. The van der Waals surface area contributed by atoms with Gasteiger partial charge in [-0.15, -0.1) is 0 Å². The second kappa shape index (κ2) is 6.81. The zero-order valence-electron chi connectivity index (χ0n) is 12.7. The van der Waals surface area contributed by atoms with Gasteiger partial charge in [0.2, 0.25) is 0 Å². The highest BCUT2D eigenvalue weighted by Gasteiger charge is 2.08.